The lowest BCUT2D eigenvalue weighted by molar-refractivity contribution is -0.133. The van der Waals surface area contributed by atoms with Crippen molar-refractivity contribution in [3.05, 3.63) is 52.0 Å². The lowest BCUT2D eigenvalue weighted by Crippen LogP contribution is -2.48. The van der Waals surface area contributed by atoms with Crippen LogP contribution in [0.3, 0.4) is 0 Å². The maximum Gasteiger partial charge on any atom is 0.229 e. The Balaban J connectivity index is 1.72. The predicted molar refractivity (Wildman–Crippen MR) is 118 cm³/mol. The van der Waals surface area contributed by atoms with Gasteiger partial charge in [-0.1, -0.05) is 51.1 Å². The highest BCUT2D eigenvalue weighted by atomic mass is 32.1. The summed E-state index contributed by atoms with van der Waals surface area (Å²) in [6.07, 6.45) is 0.354. The van der Waals surface area contributed by atoms with E-state index in [9.17, 15) is 4.79 Å². The molecule has 1 aliphatic heterocycles. The van der Waals surface area contributed by atoms with E-state index in [1.165, 1.54) is 0 Å². The second-order valence-corrected chi connectivity index (χ2v) is 9.70. The Hall–Kier alpha value is -1.76. The number of hydrogen-bond acceptors (Lipinski definition) is 5. The van der Waals surface area contributed by atoms with Crippen LogP contribution >= 0.6 is 11.3 Å². The largest absolute Gasteiger partial charge is 0.379 e. The van der Waals surface area contributed by atoms with E-state index < -0.39 is 0 Å². The van der Waals surface area contributed by atoms with Crippen LogP contribution in [0.1, 0.15) is 44.0 Å². The van der Waals surface area contributed by atoms with Crippen LogP contribution in [0.4, 0.5) is 0 Å². The number of nitrogens with zero attached hydrogens (tertiary/aromatic N) is 3. The molecular weight excluding hydrogens is 382 g/mol. The van der Waals surface area contributed by atoms with Crippen molar-refractivity contribution in [2.75, 3.05) is 32.8 Å². The molecule has 1 aromatic heterocycles. The van der Waals surface area contributed by atoms with Gasteiger partial charge in [0.05, 0.1) is 30.3 Å². The zero-order valence-electron chi connectivity index (χ0n) is 18.1. The predicted octanol–water partition coefficient (Wildman–Crippen LogP) is 3.73. The third-order valence-electron chi connectivity index (χ3n) is 5.20. The van der Waals surface area contributed by atoms with E-state index in [1.54, 1.807) is 11.3 Å². The van der Waals surface area contributed by atoms with Crippen LogP contribution in [-0.2, 0) is 27.9 Å². The molecule has 5 nitrogen and oxygen atoms in total. The fraction of sp³-hybridized carbons (Fsp3) is 0.565. The SMILES string of the molecule is CC(CN1CCOCC1)N(Cc1ccccc1)C(=O)Cc1csc(C(C)(C)C)n1. The molecule has 1 amide bonds. The van der Waals surface area contributed by atoms with Gasteiger partial charge in [0.1, 0.15) is 0 Å². The Bertz CT molecular complexity index is 779. The molecule has 0 radical (unpaired) electrons. The quantitative estimate of drug-likeness (QED) is 0.691. The number of carbonyl (C=O) groups excluding carboxylic acids is 1. The zero-order chi connectivity index (χ0) is 20.9. The molecule has 1 saturated heterocycles. The Morgan fingerprint density at radius 1 is 1.24 bits per heavy atom. The smallest absolute Gasteiger partial charge is 0.229 e. The van der Waals surface area contributed by atoms with Crippen molar-refractivity contribution in [2.24, 2.45) is 0 Å². The zero-order valence-corrected chi connectivity index (χ0v) is 18.9. The molecule has 0 saturated carbocycles. The van der Waals surface area contributed by atoms with E-state index in [0.29, 0.717) is 13.0 Å². The van der Waals surface area contributed by atoms with Crippen molar-refractivity contribution in [3.63, 3.8) is 0 Å². The lowest BCUT2D eigenvalue weighted by atomic mass is 9.98. The molecule has 3 rings (SSSR count). The van der Waals surface area contributed by atoms with Crippen molar-refractivity contribution in [3.8, 4) is 0 Å². The topological polar surface area (TPSA) is 45.7 Å². The Morgan fingerprint density at radius 2 is 1.93 bits per heavy atom. The van der Waals surface area contributed by atoms with E-state index in [-0.39, 0.29) is 17.4 Å². The minimum Gasteiger partial charge on any atom is -0.379 e. The van der Waals surface area contributed by atoms with Crippen LogP contribution in [0, 0.1) is 0 Å². The Labute approximate surface area is 178 Å². The van der Waals surface area contributed by atoms with Gasteiger partial charge in [-0.25, -0.2) is 4.98 Å². The molecular formula is C23H33N3O2S. The second kappa shape index (κ2) is 9.83. The van der Waals surface area contributed by atoms with Gasteiger partial charge in [-0.05, 0) is 12.5 Å². The van der Waals surface area contributed by atoms with Crippen molar-refractivity contribution in [1.82, 2.24) is 14.8 Å². The van der Waals surface area contributed by atoms with Crippen LogP contribution in [0.2, 0.25) is 0 Å². The first-order valence-electron chi connectivity index (χ1n) is 10.4. The number of amides is 1. The summed E-state index contributed by atoms with van der Waals surface area (Å²) in [5.41, 5.74) is 2.05. The van der Waals surface area contributed by atoms with Crippen molar-refractivity contribution in [1.29, 1.82) is 0 Å². The summed E-state index contributed by atoms with van der Waals surface area (Å²) in [5.74, 6) is 0.139. The van der Waals surface area contributed by atoms with Gasteiger partial charge in [-0.3, -0.25) is 9.69 Å². The van der Waals surface area contributed by atoms with Crippen LogP contribution < -0.4 is 0 Å². The van der Waals surface area contributed by atoms with Crippen molar-refractivity contribution < 1.29 is 9.53 Å². The minimum atomic E-state index is 0.0132. The molecule has 0 bridgehead atoms. The Kier molecular flexibility index (Phi) is 7.44. The first-order valence-corrected chi connectivity index (χ1v) is 11.3. The number of rotatable bonds is 7. The van der Waals surface area contributed by atoms with E-state index in [0.717, 1.165) is 49.1 Å². The van der Waals surface area contributed by atoms with Crippen molar-refractivity contribution >= 4 is 17.2 Å². The number of aromatic nitrogens is 1. The molecule has 0 aliphatic carbocycles. The van der Waals surface area contributed by atoms with Gasteiger partial charge >= 0.3 is 0 Å². The summed E-state index contributed by atoms with van der Waals surface area (Å²) < 4.78 is 5.46. The molecule has 0 N–H and O–H groups in total. The molecule has 29 heavy (non-hydrogen) atoms. The van der Waals surface area contributed by atoms with E-state index in [2.05, 4.69) is 44.7 Å². The van der Waals surface area contributed by atoms with E-state index in [1.807, 2.05) is 28.5 Å². The molecule has 1 aromatic carbocycles. The van der Waals surface area contributed by atoms with Crippen LogP contribution in [0.5, 0.6) is 0 Å². The number of benzene rings is 1. The standard InChI is InChI=1S/C23H33N3O2S/c1-18(15-25-10-12-28-13-11-25)26(16-19-8-6-5-7-9-19)21(27)14-20-17-29-22(24-20)23(2,3)4/h5-9,17-18H,10-16H2,1-4H3. The first-order chi connectivity index (χ1) is 13.8. The van der Waals surface area contributed by atoms with Crippen LogP contribution in [0.15, 0.2) is 35.7 Å². The molecule has 1 unspecified atom stereocenters. The van der Waals surface area contributed by atoms with Crippen molar-refractivity contribution in [2.45, 2.75) is 52.1 Å². The molecule has 158 valence electrons. The summed E-state index contributed by atoms with van der Waals surface area (Å²) in [7, 11) is 0. The highest BCUT2D eigenvalue weighted by Crippen LogP contribution is 2.26. The van der Waals surface area contributed by atoms with Gasteiger partial charge in [0.25, 0.3) is 0 Å². The van der Waals surface area contributed by atoms with Gasteiger partial charge in [-0.15, -0.1) is 11.3 Å². The molecule has 0 spiro atoms. The molecule has 2 heterocycles. The number of hydrogen-bond donors (Lipinski definition) is 0. The number of morpholine rings is 1. The third-order valence-corrected chi connectivity index (χ3v) is 6.52. The Morgan fingerprint density at radius 3 is 2.55 bits per heavy atom. The summed E-state index contributed by atoms with van der Waals surface area (Å²) in [5, 5.41) is 3.11. The van der Waals surface area contributed by atoms with Gasteiger partial charge in [0.15, 0.2) is 0 Å². The number of ether oxygens (including phenoxy) is 1. The maximum absolute atomic E-state index is 13.3. The highest BCUT2D eigenvalue weighted by Gasteiger charge is 2.25. The molecule has 1 aliphatic rings. The van der Waals surface area contributed by atoms with Crippen LogP contribution in [-0.4, -0.2) is 59.6 Å². The lowest BCUT2D eigenvalue weighted by Gasteiger charge is -2.35. The first kappa shape index (κ1) is 21.9. The normalized spacial score (nSPS) is 16.6. The van der Waals surface area contributed by atoms with Crippen LogP contribution in [0.25, 0.3) is 0 Å². The third kappa shape index (κ3) is 6.36. The fourth-order valence-electron chi connectivity index (χ4n) is 3.52. The van der Waals surface area contributed by atoms with Gasteiger partial charge in [-0.2, -0.15) is 0 Å². The average Bonchev–Trinajstić information content (AvgIpc) is 3.16. The average molecular weight is 416 g/mol. The summed E-state index contributed by atoms with van der Waals surface area (Å²) >= 11 is 1.65. The summed E-state index contributed by atoms with van der Waals surface area (Å²) in [6, 6.07) is 10.4. The highest BCUT2D eigenvalue weighted by molar-refractivity contribution is 7.09. The number of thiazole rings is 1. The van der Waals surface area contributed by atoms with E-state index in [4.69, 9.17) is 9.72 Å². The fourth-order valence-corrected chi connectivity index (χ4v) is 4.42. The summed E-state index contributed by atoms with van der Waals surface area (Å²) in [6.45, 7) is 13.5. The molecule has 1 atom stereocenters. The summed E-state index contributed by atoms with van der Waals surface area (Å²) in [4.78, 5) is 22.4. The van der Waals surface area contributed by atoms with Gasteiger partial charge in [0, 0.05) is 43.0 Å². The monoisotopic (exact) mass is 415 g/mol. The molecule has 1 fully saturated rings. The molecule has 2 aromatic rings. The van der Waals surface area contributed by atoms with Gasteiger partial charge in [0.2, 0.25) is 5.91 Å². The van der Waals surface area contributed by atoms with Gasteiger partial charge < -0.3 is 9.64 Å². The number of carbonyl (C=O) groups is 1. The maximum atomic E-state index is 13.3. The second-order valence-electron chi connectivity index (χ2n) is 8.84. The van der Waals surface area contributed by atoms with E-state index >= 15 is 0 Å². The molecule has 6 heteroatoms. The minimum absolute atomic E-state index is 0.0132.